The van der Waals surface area contributed by atoms with Gasteiger partial charge in [-0.25, -0.2) is 9.36 Å². The third-order valence-corrected chi connectivity index (χ3v) is 5.97. The van der Waals surface area contributed by atoms with Crippen molar-refractivity contribution in [3.63, 3.8) is 0 Å². The Morgan fingerprint density at radius 1 is 1.29 bits per heavy atom. The molecule has 0 radical (unpaired) electrons. The van der Waals surface area contributed by atoms with Crippen LogP contribution in [0.15, 0.2) is 29.2 Å². The number of aromatic nitrogens is 4. The van der Waals surface area contributed by atoms with Crippen LogP contribution in [-0.2, 0) is 16.1 Å². The van der Waals surface area contributed by atoms with Crippen LogP contribution in [0.1, 0.15) is 32.4 Å². The predicted molar refractivity (Wildman–Crippen MR) is 116 cm³/mol. The van der Waals surface area contributed by atoms with E-state index in [9.17, 15) is 18.4 Å². The molecule has 5 rings (SSSR count). The van der Waals surface area contributed by atoms with Gasteiger partial charge in [0.2, 0.25) is 5.91 Å². The van der Waals surface area contributed by atoms with Crippen molar-refractivity contribution < 1.29 is 27.8 Å². The molecule has 1 unspecified atom stereocenters. The molecule has 2 aliphatic rings. The van der Waals surface area contributed by atoms with Crippen LogP contribution in [0.4, 0.5) is 14.5 Å². The van der Waals surface area contributed by atoms with E-state index < -0.39 is 30.5 Å². The Bertz CT molecular complexity index is 1320. The lowest BCUT2D eigenvalue weighted by Gasteiger charge is -2.23. The van der Waals surface area contributed by atoms with E-state index in [2.05, 4.69) is 19.7 Å². The van der Waals surface area contributed by atoms with E-state index in [4.69, 9.17) is 16.3 Å². The minimum Gasteiger partial charge on any atom is -0.395 e. The van der Waals surface area contributed by atoms with Gasteiger partial charge in [0.1, 0.15) is 12.1 Å². The van der Waals surface area contributed by atoms with Gasteiger partial charge in [0.05, 0.1) is 11.6 Å². The van der Waals surface area contributed by atoms with Gasteiger partial charge in [-0.05, 0) is 38.3 Å². The molecular weight excluding hydrogens is 476 g/mol. The number of halogens is 3. The Balaban J connectivity index is 1.45. The van der Waals surface area contributed by atoms with Gasteiger partial charge in [-0.1, -0.05) is 11.6 Å². The molecule has 1 fully saturated rings. The van der Waals surface area contributed by atoms with E-state index in [0.717, 1.165) is 17.5 Å². The summed E-state index contributed by atoms with van der Waals surface area (Å²) in [4.78, 5) is 27.7. The van der Waals surface area contributed by atoms with Gasteiger partial charge < -0.3 is 19.1 Å². The minimum atomic E-state index is -3.77. The van der Waals surface area contributed by atoms with Gasteiger partial charge in [-0.2, -0.15) is 10.2 Å². The molecule has 1 aromatic carbocycles. The van der Waals surface area contributed by atoms with Crippen LogP contribution in [0.3, 0.4) is 0 Å². The van der Waals surface area contributed by atoms with Crippen LogP contribution in [-0.4, -0.2) is 44.9 Å². The zero-order valence-electron chi connectivity index (χ0n) is 18.0. The van der Waals surface area contributed by atoms with E-state index in [-0.39, 0.29) is 28.7 Å². The number of likely N-dealkylation sites (N-methyl/N-ethyl adjacent to an activating group) is 1. The Kier molecular flexibility index (Phi) is 5.64. The zero-order valence-corrected chi connectivity index (χ0v) is 18.8. The van der Waals surface area contributed by atoms with E-state index in [0.29, 0.717) is 24.1 Å². The fourth-order valence-electron chi connectivity index (χ4n) is 4.12. The number of ether oxygens (including phenoxy) is 3. The normalized spacial score (nSPS) is 18.9. The highest BCUT2D eigenvalue weighted by Gasteiger charge is 2.43. The number of hydrogen-bond acceptors (Lipinski definition) is 7. The molecule has 0 spiro atoms. The molecule has 0 N–H and O–H groups in total. The molecule has 1 amide bonds. The summed E-state index contributed by atoms with van der Waals surface area (Å²) >= 11 is 6.30. The first-order valence-electron chi connectivity index (χ1n) is 10.7. The molecular formula is C21H20ClF2N5O5. The summed E-state index contributed by atoms with van der Waals surface area (Å²) in [5.74, 6) is -0.825. The second kappa shape index (κ2) is 8.51. The van der Waals surface area contributed by atoms with E-state index >= 15 is 0 Å². The van der Waals surface area contributed by atoms with Crippen LogP contribution in [0.25, 0.3) is 10.9 Å². The number of amides is 1. The topological polar surface area (TPSA) is 101 Å². The molecule has 10 nitrogen and oxygen atoms in total. The molecule has 0 aliphatic carbocycles. The average molecular weight is 496 g/mol. The molecule has 2 aliphatic heterocycles. The monoisotopic (exact) mass is 495 g/mol. The maximum absolute atomic E-state index is 13.3. The molecule has 3 aromatic rings. The van der Waals surface area contributed by atoms with Crippen LogP contribution in [0, 0.1) is 0 Å². The second-order valence-electron chi connectivity index (χ2n) is 7.86. The van der Waals surface area contributed by atoms with Gasteiger partial charge in [0.15, 0.2) is 22.9 Å². The molecule has 180 valence electrons. The Morgan fingerprint density at radius 2 is 2.09 bits per heavy atom. The average Bonchev–Trinajstić information content (AvgIpc) is 3.38. The van der Waals surface area contributed by atoms with Crippen molar-refractivity contribution in [2.45, 2.75) is 45.3 Å². The van der Waals surface area contributed by atoms with Crippen molar-refractivity contribution in [1.82, 2.24) is 19.6 Å². The lowest BCUT2D eigenvalue weighted by molar-refractivity contribution is -0.286. The third-order valence-electron chi connectivity index (χ3n) is 5.69. The molecule has 4 heterocycles. The largest absolute Gasteiger partial charge is 0.586 e. The number of nitrogens with zero attached hydrogens (tertiary/aromatic N) is 5. The fourth-order valence-corrected chi connectivity index (χ4v) is 4.35. The van der Waals surface area contributed by atoms with Crippen molar-refractivity contribution in [2.75, 3.05) is 18.1 Å². The molecule has 0 bridgehead atoms. The van der Waals surface area contributed by atoms with Crippen LogP contribution >= 0.6 is 11.6 Å². The number of alkyl halides is 2. The van der Waals surface area contributed by atoms with Crippen LogP contribution in [0.2, 0.25) is 5.15 Å². The maximum Gasteiger partial charge on any atom is 0.586 e. The van der Waals surface area contributed by atoms with Crippen LogP contribution in [0.5, 0.6) is 11.5 Å². The third kappa shape index (κ3) is 3.96. The lowest BCUT2D eigenvalue weighted by atomic mass is 10.2. The summed E-state index contributed by atoms with van der Waals surface area (Å²) in [5.41, 5.74) is -0.0395. The van der Waals surface area contributed by atoms with Gasteiger partial charge in [-0.3, -0.25) is 9.59 Å². The van der Waals surface area contributed by atoms with Crippen LogP contribution < -0.4 is 19.9 Å². The lowest BCUT2D eigenvalue weighted by Crippen LogP contribution is -2.38. The van der Waals surface area contributed by atoms with Crippen molar-refractivity contribution >= 4 is 34.1 Å². The van der Waals surface area contributed by atoms with Gasteiger partial charge in [0, 0.05) is 24.9 Å². The highest BCUT2D eigenvalue weighted by Crippen LogP contribution is 2.42. The van der Waals surface area contributed by atoms with E-state index in [1.54, 1.807) is 6.92 Å². The highest BCUT2D eigenvalue weighted by molar-refractivity contribution is 6.33. The Morgan fingerprint density at radius 3 is 2.82 bits per heavy atom. The number of fused-ring (bicyclic) bond motifs is 2. The number of anilines is 1. The Labute approximate surface area is 196 Å². The highest BCUT2D eigenvalue weighted by atomic mass is 35.5. The van der Waals surface area contributed by atoms with Crippen molar-refractivity contribution in [3.8, 4) is 11.5 Å². The summed E-state index contributed by atoms with van der Waals surface area (Å²) in [6, 6.07) is 4.02. The van der Waals surface area contributed by atoms with Gasteiger partial charge in [-0.15, -0.1) is 8.78 Å². The molecule has 34 heavy (non-hydrogen) atoms. The van der Waals surface area contributed by atoms with Crippen molar-refractivity contribution in [1.29, 1.82) is 0 Å². The molecule has 13 heteroatoms. The standard InChI is InChI=1S/C21H20ClF2N5O5/c1-2-27(12-6-7-14-15(9-12)34-21(23,24)33-14)16(30)11-28-20(31)18-13(19(22)26-28)10-25-29(18)17-5-3-4-8-32-17/h6-7,9-10,17H,2-5,8,11H2,1H3. The first-order chi connectivity index (χ1) is 16.3. The summed E-state index contributed by atoms with van der Waals surface area (Å²) in [6.45, 7) is 2.04. The molecule has 0 saturated carbocycles. The predicted octanol–water partition coefficient (Wildman–Crippen LogP) is 3.32. The van der Waals surface area contributed by atoms with Crippen molar-refractivity contribution in [2.24, 2.45) is 0 Å². The minimum absolute atomic E-state index is 0.0258. The van der Waals surface area contributed by atoms with E-state index in [1.807, 2.05) is 0 Å². The number of carbonyl (C=O) groups excluding carboxylic acids is 1. The van der Waals surface area contributed by atoms with Gasteiger partial charge in [0.25, 0.3) is 5.56 Å². The smallest absolute Gasteiger partial charge is 0.395 e. The summed E-state index contributed by atoms with van der Waals surface area (Å²) in [6.07, 6.45) is -0.152. The molecule has 1 saturated heterocycles. The Hall–Kier alpha value is -3.25. The maximum atomic E-state index is 13.3. The number of carbonyl (C=O) groups is 1. The summed E-state index contributed by atoms with van der Waals surface area (Å²) in [7, 11) is 0. The first kappa shape index (κ1) is 22.5. The number of hydrogen-bond donors (Lipinski definition) is 0. The quantitative estimate of drug-likeness (QED) is 0.535. The number of benzene rings is 1. The second-order valence-corrected chi connectivity index (χ2v) is 8.22. The summed E-state index contributed by atoms with van der Waals surface area (Å²) < 4.78 is 43.8. The van der Waals surface area contributed by atoms with Gasteiger partial charge >= 0.3 is 6.29 Å². The van der Waals surface area contributed by atoms with E-state index in [1.165, 1.54) is 34.0 Å². The molecule has 2 aromatic heterocycles. The van der Waals surface area contributed by atoms with Crippen molar-refractivity contribution in [3.05, 3.63) is 39.9 Å². The zero-order chi connectivity index (χ0) is 24.0. The summed E-state index contributed by atoms with van der Waals surface area (Å²) in [5, 5.41) is 8.74. The number of rotatable bonds is 5. The SMILES string of the molecule is CCN(C(=O)Cn1nc(Cl)c2cnn(C3CCCCO3)c2c1=O)c1ccc2c(c1)OC(F)(F)O2. The fraction of sp³-hybridized carbons (Fsp3) is 0.429. The first-order valence-corrected chi connectivity index (χ1v) is 11.1. The molecule has 1 atom stereocenters.